The fraction of sp³-hybridized carbons (Fsp3) is 1.00. The molecule has 0 bridgehead atoms. The molecule has 1 saturated carbocycles. The van der Waals surface area contributed by atoms with E-state index in [0.717, 1.165) is 6.54 Å². The summed E-state index contributed by atoms with van der Waals surface area (Å²) in [6, 6.07) is 1.36. The molecule has 0 aromatic heterocycles. The van der Waals surface area contributed by atoms with Crippen LogP contribution in [0.4, 0.5) is 0 Å². The maximum Gasteiger partial charge on any atom is 0.0623 e. The van der Waals surface area contributed by atoms with Crippen molar-refractivity contribution in [3.63, 3.8) is 0 Å². The van der Waals surface area contributed by atoms with Crippen LogP contribution in [0.1, 0.15) is 39.5 Å². The Morgan fingerprint density at radius 3 is 2.60 bits per heavy atom. The van der Waals surface area contributed by atoms with Gasteiger partial charge in [0.2, 0.25) is 0 Å². The number of rotatable bonds is 5. The maximum absolute atomic E-state index is 9.52. The van der Waals surface area contributed by atoms with Gasteiger partial charge >= 0.3 is 0 Å². The minimum absolute atomic E-state index is 0.0975. The summed E-state index contributed by atoms with van der Waals surface area (Å²) in [5.74, 6) is 0. The zero-order valence-corrected chi connectivity index (χ0v) is 10.00. The molecule has 0 radical (unpaired) electrons. The van der Waals surface area contributed by atoms with Crippen molar-refractivity contribution in [2.45, 2.75) is 57.2 Å². The zero-order valence-electron chi connectivity index (χ0n) is 10.00. The number of hydrogen-bond acceptors (Lipinski definition) is 3. The van der Waals surface area contributed by atoms with E-state index >= 15 is 0 Å². The van der Waals surface area contributed by atoms with E-state index in [1.807, 2.05) is 0 Å². The molecule has 0 aromatic rings. The van der Waals surface area contributed by atoms with Crippen LogP contribution in [0, 0.1) is 0 Å². The molecule has 2 fully saturated rings. The monoisotopic (exact) mass is 212 g/mol. The summed E-state index contributed by atoms with van der Waals surface area (Å²) in [6.45, 7) is 6.87. The van der Waals surface area contributed by atoms with Gasteiger partial charge < -0.3 is 10.4 Å². The molecule has 3 nitrogen and oxygen atoms in total. The average molecular weight is 212 g/mol. The number of aliphatic hydroxyl groups excluding tert-OH is 1. The van der Waals surface area contributed by atoms with Crippen LogP contribution in [0.5, 0.6) is 0 Å². The quantitative estimate of drug-likeness (QED) is 0.713. The molecule has 0 amide bonds. The molecule has 1 aliphatic heterocycles. The Morgan fingerprint density at radius 1 is 1.40 bits per heavy atom. The Morgan fingerprint density at radius 2 is 2.13 bits per heavy atom. The molecule has 88 valence electrons. The number of nitrogens with one attached hydrogen (secondary N) is 1. The lowest BCUT2D eigenvalue weighted by atomic mass is 10.0. The molecule has 2 rings (SSSR count). The number of aliphatic hydroxyl groups is 1. The Hall–Kier alpha value is -0.120. The second-order valence-corrected chi connectivity index (χ2v) is 5.60. The minimum atomic E-state index is -0.0975. The first-order chi connectivity index (χ1) is 7.13. The first-order valence-corrected chi connectivity index (χ1v) is 6.25. The van der Waals surface area contributed by atoms with Gasteiger partial charge in [-0.15, -0.1) is 0 Å². The van der Waals surface area contributed by atoms with E-state index in [-0.39, 0.29) is 12.1 Å². The van der Waals surface area contributed by atoms with Crippen LogP contribution in [0.15, 0.2) is 0 Å². The molecule has 15 heavy (non-hydrogen) atoms. The minimum Gasteiger partial charge on any atom is -0.394 e. The molecule has 1 saturated heterocycles. The molecule has 1 heterocycles. The van der Waals surface area contributed by atoms with Crippen molar-refractivity contribution >= 4 is 0 Å². The fourth-order valence-electron chi connectivity index (χ4n) is 2.54. The lowest BCUT2D eigenvalue weighted by Crippen LogP contribution is -2.55. The Balaban J connectivity index is 1.87. The van der Waals surface area contributed by atoms with Crippen LogP contribution in [-0.4, -0.2) is 47.3 Å². The molecule has 0 spiro atoms. The molecular formula is C12H24N2O. The third-order valence-electron chi connectivity index (χ3n) is 3.72. The number of nitrogens with zero attached hydrogens (tertiary/aromatic N) is 1. The second kappa shape index (κ2) is 4.40. The fourth-order valence-corrected chi connectivity index (χ4v) is 2.54. The highest BCUT2D eigenvalue weighted by Gasteiger charge is 2.35. The summed E-state index contributed by atoms with van der Waals surface area (Å²) in [6.07, 6.45) is 5.19. The van der Waals surface area contributed by atoms with E-state index in [2.05, 4.69) is 24.1 Å². The van der Waals surface area contributed by atoms with Gasteiger partial charge in [0.05, 0.1) is 12.1 Å². The van der Waals surface area contributed by atoms with E-state index in [0.29, 0.717) is 12.1 Å². The van der Waals surface area contributed by atoms with Gasteiger partial charge in [0.25, 0.3) is 0 Å². The van der Waals surface area contributed by atoms with Crippen molar-refractivity contribution in [2.24, 2.45) is 0 Å². The molecule has 2 unspecified atom stereocenters. The van der Waals surface area contributed by atoms with Gasteiger partial charge in [0, 0.05) is 18.6 Å². The molecule has 1 aliphatic carbocycles. The summed E-state index contributed by atoms with van der Waals surface area (Å²) in [4.78, 5) is 2.51. The van der Waals surface area contributed by atoms with Crippen LogP contribution in [0.3, 0.4) is 0 Å². The molecule has 3 heteroatoms. The summed E-state index contributed by atoms with van der Waals surface area (Å²) in [7, 11) is 0. The van der Waals surface area contributed by atoms with E-state index in [1.54, 1.807) is 0 Å². The first-order valence-electron chi connectivity index (χ1n) is 6.25. The maximum atomic E-state index is 9.52. The van der Waals surface area contributed by atoms with E-state index < -0.39 is 0 Å². The van der Waals surface area contributed by atoms with Crippen molar-refractivity contribution in [3.05, 3.63) is 0 Å². The predicted octanol–water partition coefficient (Wildman–Crippen LogP) is 0.974. The Kier molecular flexibility index (Phi) is 3.33. The van der Waals surface area contributed by atoms with Crippen LogP contribution >= 0.6 is 0 Å². The van der Waals surface area contributed by atoms with Crippen molar-refractivity contribution in [3.8, 4) is 0 Å². The van der Waals surface area contributed by atoms with Gasteiger partial charge in [-0.2, -0.15) is 0 Å². The molecule has 2 aliphatic rings. The number of likely N-dealkylation sites (tertiary alicyclic amines) is 1. The van der Waals surface area contributed by atoms with Crippen molar-refractivity contribution in [1.29, 1.82) is 0 Å². The van der Waals surface area contributed by atoms with Gasteiger partial charge in [-0.05, 0) is 46.1 Å². The Labute approximate surface area is 92.8 Å². The van der Waals surface area contributed by atoms with Crippen LogP contribution < -0.4 is 5.32 Å². The van der Waals surface area contributed by atoms with Crippen LogP contribution in [0.25, 0.3) is 0 Å². The third kappa shape index (κ3) is 2.92. The van der Waals surface area contributed by atoms with Crippen molar-refractivity contribution in [2.75, 3.05) is 19.7 Å². The predicted molar refractivity (Wildman–Crippen MR) is 61.9 cm³/mol. The molecular weight excluding hydrogens is 188 g/mol. The third-order valence-corrected chi connectivity index (χ3v) is 3.72. The second-order valence-electron chi connectivity index (χ2n) is 5.60. The largest absolute Gasteiger partial charge is 0.394 e. The normalized spacial score (nSPS) is 31.8. The highest BCUT2D eigenvalue weighted by molar-refractivity contribution is 4.95. The van der Waals surface area contributed by atoms with E-state index in [1.165, 1.54) is 32.2 Å². The van der Waals surface area contributed by atoms with Crippen LogP contribution in [0.2, 0.25) is 0 Å². The van der Waals surface area contributed by atoms with Gasteiger partial charge in [-0.3, -0.25) is 4.90 Å². The summed E-state index contributed by atoms with van der Waals surface area (Å²) in [5, 5.41) is 13.1. The van der Waals surface area contributed by atoms with Gasteiger partial charge in [0.15, 0.2) is 0 Å². The molecule has 2 atom stereocenters. The number of hydrogen-bond donors (Lipinski definition) is 2. The topological polar surface area (TPSA) is 35.5 Å². The van der Waals surface area contributed by atoms with Gasteiger partial charge in [-0.25, -0.2) is 0 Å². The Bertz CT molecular complexity index is 218. The van der Waals surface area contributed by atoms with Crippen molar-refractivity contribution < 1.29 is 5.11 Å². The molecule has 2 N–H and O–H groups in total. The van der Waals surface area contributed by atoms with E-state index in [9.17, 15) is 5.11 Å². The zero-order chi connectivity index (χ0) is 10.9. The van der Waals surface area contributed by atoms with Gasteiger partial charge in [0.1, 0.15) is 0 Å². The lowest BCUT2D eigenvalue weighted by molar-refractivity contribution is 0.115. The highest BCUT2D eigenvalue weighted by atomic mass is 16.3. The standard InChI is InChI=1S/C12H24N2O/c1-10-4-3-7-14(10)8-12(2,9-15)13-11-5-6-11/h10-11,13,15H,3-9H2,1-2H3. The smallest absolute Gasteiger partial charge is 0.0623 e. The summed E-state index contributed by atoms with van der Waals surface area (Å²) in [5.41, 5.74) is -0.0975. The van der Waals surface area contributed by atoms with Crippen molar-refractivity contribution in [1.82, 2.24) is 10.2 Å². The summed E-state index contributed by atoms with van der Waals surface area (Å²) < 4.78 is 0. The summed E-state index contributed by atoms with van der Waals surface area (Å²) >= 11 is 0. The van der Waals surface area contributed by atoms with Crippen LogP contribution in [-0.2, 0) is 0 Å². The highest BCUT2D eigenvalue weighted by Crippen LogP contribution is 2.25. The average Bonchev–Trinajstić information content (AvgIpc) is 2.92. The van der Waals surface area contributed by atoms with E-state index in [4.69, 9.17) is 0 Å². The molecule has 0 aromatic carbocycles. The first kappa shape index (κ1) is 11.4. The SMILES string of the molecule is CC1CCCN1CC(C)(CO)NC1CC1. The van der Waals surface area contributed by atoms with Gasteiger partial charge in [-0.1, -0.05) is 0 Å². The lowest BCUT2D eigenvalue weighted by Gasteiger charge is -2.35.